The lowest BCUT2D eigenvalue weighted by atomic mass is 10.1. The molecule has 0 bridgehead atoms. The van der Waals surface area contributed by atoms with Crippen molar-refractivity contribution in [1.82, 2.24) is 4.98 Å². The molecule has 1 N–H and O–H groups in total. The van der Waals surface area contributed by atoms with Crippen LogP contribution < -0.4 is 0 Å². The van der Waals surface area contributed by atoms with E-state index < -0.39 is 15.4 Å². The first-order valence-electron chi connectivity index (χ1n) is 5.59. The van der Waals surface area contributed by atoms with Crippen molar-refractivity contribution in [2.24, 2.45) is 0 Å². The highest BCUT2D eigenvalue weighted by Crippen LogP contribution is 2.26. The molecule has 2 rings (SSSR count). The van der Waals surface area contributed by atoms with Crippen LogP contribution in [-0.4, -0.2) is 29.9 Å². The molecule has 0 unspecified atom stereocenters. The van der Waals surface area contributed by atoms with E-state index in [0.717, 1.165) is 4.70 Å². The second-order valence-corrected chi connectivity index (χ2v) is 8.14. The Labute approximate surface area is 110 Å². The maximum absolute atomic E-state index is 12.1. The van der Waals surface area contributed by atoms with E-state index in [1.54, 1.807) is 19.9 Å². The van der Waals surface area contributed by atoms with Crippen LogP contribution >= 0.6 is 11.3 Å². The summed E-state index contributed by atoms with van der Waals surface area (Å²) >= 11 is 1.17. The van der Waals surface area contributed by atoms with Crippen LogP contribution in [0.5, 0.6) is 0 Å². The van der Waals surface area contributed by atoms with Gasteiger partial charge in [0.15, 0.2) is 0 Å². The number of sulfone groups is 1. The smallest absolute Gasteiger partial charge is 0.210 e. The van der Waals surface area contributed by atoms with Crippen LogP contribution in [0.15, 0.2) is 28.6 Å². The molecule has 98 valence electrons. The summed E-state index contributed by atoms with van der Waals surface area (Å²) in [6.07, 6.45) is 0.200. The van der Waals surface area contributed by atoms with Gasteiger partial charge in [-0.15, -0.1) is 11.3 Å². The number of thiazole rings is 1. The van der Waals surface area contributed by atoms with Gasteiger partial charge in [0.05, 0.1) is 21.6 Å². The summed E-state index contributed by atoms with van der Waals surface area (Å²) in [7, 11) is -3.41. The van der Waals surface area contributed by atoms with Crippen molar-refractivity contribution in [3.63, 3.8) is 0 Å². The maximum Gasteiger partial charge on any atom is 0.210 e. The molecule has 0 amide bonds. The fourth-order valence-corrected chi connectivity index (χ4v) is 4.36. The van der Waals surface area contributed by atoms with Crippen LogP contribution in [0.2, 0.25) is 0 Å². The SMILES string of the molecule is CC(C)(O)CCS(=O)(=O)c1nc2ccccc2s1. The Morgan fingerprint density at radius 1 is 1.33 bits per heavy atom. The van der Waals surface area contributed by atoms with Crippen LogP contribution in [0.25, 0.3) is 10.2 Å². The molecule has 0 spiro atoms. The van der Waals surface area contributed by atoms with Gasteiger partial charge in [-0.25, -0.2) is 13.4 Å². The number of benzene rings is 1. The van der Waals surface area contributed by atoms with Gasteiger partial charge in [-0.2, -0.15) is 0 Å². The Bertz CT molecular complexity index is 620. The third kappa shape index (κ3) is 3.07. The van der Waals surface area contributed by atoms with Crippen molar-refractivity contribution in [2.45, 2.75) is 30.2 Å². The fraction of sp³-hybridized carbons (Fsp3) is 0.417. The molecular formula is C12H15NO3S2. The highest BCUT2D eigenvalue weighted by atomic mass is 32.2. The van der Waals surface area contributed by atoms with Crippen molar-refractivity contribution in [1.29, 1.82) is 0 Å². The average molecular weight is 285 g/mol. The summed E-state index contributed by atoms with van der Waals surface area (Å²) in [5, 5.41) is 9.59. The monoisotopic (exact) mass is 285 g/mol. The van der Waals surface area contributed by atoms with Crippen molar-refractivity contribution in [3.05, 3.63) is 24.3 Å². The lowest BCUT2D eigenvalue weighted by Gasteiger charge is -2.15. The third-order valence-corrected chi connectivity index (χ3v) is 5.73. The highest BCUT2D eigenvalue weighted by molar-refractivity contribution is 7.93. The molecule has 4 nitrogen and oxygen atoms in total. The molecule has 2 aromatic rings. The number of aliphatic hydroxyl groups is 1. The van der Waals surface area contributed by atoms with E-state index in [1.807, 2.05) is 18.2 Å². The molecule has 1 aromatic heterocycles. The van der Waals surface area contributed by atoms with Gasteiger partial charge in [0.1, 0.15) is 0 Å². The minimum Gasteiger partial charge on any atom is -0.390 e. The molecule has 6 heteroatoms. The van der Waals surface area contributed by atoms with E-state index in [4.69, 9.17) is 0 Å². The maximum atomic E-state index is 12.1. The summed E-state index contributed by atoms with van der Waals surface area (Å²) < 4.78 is 25.2. The van der Waals surface area contributed by atoms with Gasteiger partial charge >= 0.3 is 0 Å². The van der Waals surface area contributed by atoms with Crippen molar-refractivity contribution in [2.75, 3.05) is 5.75 Å². The number of rotatable bonds is 4. The summed E-state index contributed by atoms with van der Waals surface area (Å²) in [5.74, 6) is -0.0870. The number of aromatic nitrogens is 1. The first-order chi connectivity index (χ1) is 8.28. The van der Waals surface area contributed by atoms with Gasteiger partial charge in [-0.3, -0.25) is 0 Å². The zero-order valence-corrected chi connectivity index (χ0v) is 11.9. The predicted octanol–water partition coefficient (Wildman–Crippen LogP) is 2.23. The lowest BCUT2D eigenvalue weighted by molar-refractivity contribution is 0.0772. The summed E-state index contributed by atoms with van der Waals surface area (Å²) in [6, 6.07) is 7.33. The predicted molar refractivity (Wildman–Crippen MR) is 72.6 cm³/mol. The number of hydrogen-bond acceptors (Lipinski definition) is 5. The third-order valence-electron chi connectivity index (χ3n) is 2.52. The normalized spacial score (nSPS) is 13.1. The van der Waals surface area contributed by atoms with Gasteiger partial charge in [-0.1, -0.05) is 12.1 Å². The Morgan fingerprint density at radius 2 is 2.00 bits per heavy atom. The minimum atomic E-state index is -3.41. The van der Waals surface area contributed by atoms with Crippen LogP contribution in [0.4, 0.5) is 0 Å². The summed E-state index contributed by atoms with van der Waals surface area (Å²) in [4.78, 5) is 4.13. The summed E-state index contributed by atoms with van der Waals surface area (Å²) in [6.45, 7) is 3.20. The van der Waals surface area contributed by atoms with E-state index in [0.29, 0.717) is 5.52 Å². The molecule has 0 saturated carbocycles. The number of hydrogen-bond donors (Lipinski definition) is 1. The van der Waals surface area contributed by atoms with Gasteiger partial charge in [0.25, 0.3) is 0 Å². The van der Waals surface area contributed by atoms with E-state index in [2.05, 4.69) is 4.98 Å². The molecule has 0 atom stereocenters. The van der Waals surface area contributed by atoms with E-state index >= 15 is 0 Å². The number of fused-ring (bicyclic) bond motifs is 1. The highest BCUT2D eigenvalue weighted by Gasteiger charge is 2.23. The van der Waals surface area contributed by atoms with Crippen LogP contribution in [0.3, 0.4) is 0 Å². The van der Waals surface area contributed by atoms with Gasteiger partial charge in [0, 0.05) is 0 Å². The quantitative estimate of drug-likeness (QED) is 0.935. The number of para-hydroxylation sites is 1. The van der Waals surface area contributed by atoms with Crippen molar-refractivity contribution < 1.29 is 13.5 Å². The van der Waals surface area contributed by atoms with Crippen LogP contribution in [0.1, 0.15) is 20.3 Å². The average Bonchev–Trinajstić information content (AvgIpc) is 2.70. The molecule has 0 aliphatic rings. The molecule has 18 heavy (non-hydrogen) atoms. The molecule has 1 aromatic carbocycles. The number of nitrogens with zero attached hydrogens (tertiary/aromatic N) is 1. The molecule has 0 aliphatic heterocycles. The minimum absolute atomic E-state index is 0.0870. The van der Waals surface area contributed by atoms with Crippen LogP contribution in [-0.2, 0) is 9.84 Å². The first-order valence-corrected chi connectivity index (χ1v) is 8.05. The summed E-state index contributed by atoms with van der Waals surface area (Å²) in [5.41, 5.74) is -0.284. The Balaban J connectivity index is 2.29. The van der Waals surface area contributed by atoms with E-state index in [9.17, 15) is 13.5 Å². The zero-order valence-electron chi connectivity index (χ0n) is 10.3. The Kier molecular flexibility index (Phi) is 3.44. The second kappa shape index (κ2) is 4.60. The van der Waals surface area contributed by atoms with Crippen molar-refractivity contribution >= 4 is 31.4 Å². The fourth-order valence-electron chi connectivity index (χ4n) is 1.46. The van der Waals surface area contributed by atoms with Gasteiger partial charge < -0.3 is 5.11 Å². The Morgan fingerprint density at radius 3 is 2.61 bits per heavy atom. The van der Waals surface area contributed by atoms with Gasteiger partial charge in [0.2, 0.25) is 14.2 Å². The Hall–Kier alpha value is -0.980. The first kappa shape index (κ1) is 13.5. The van der Waals surface area contributed by atoms with E-state index in [-0.39, 0.29) is 16.5 Å². The molecule has 0 aliphatic carbocycles. The lowest BCUT2D eigenvalue weighted by Crippen LogP contribution is -2.23. The van der Waals surface area contributed by atoms with Crippen LogP contribution in [0, 0.1) is 0 Å². The zero-order chi connectivity index (χ0) is 13.4. The van der Waals surface area contributed by atoms with Crippen molar-refractivity contribution in [3.8, 4) is 0 Å². The molecule has 0 fully saturated rings. The van der Waals surface area contributed by atoms with E-state index in [1.165, 1.54) is 11.3 Å². The molecular weight excluding hydrogens is 270 g/mol. The second-order valence-electron chi connectivity index (χ2n) is 4.83. The molecule has 0 saturated heterocycles. The molecule has 0 radical (unpaired) electrons. The van der Waals surface area contributed by atoms with Gasteiger partial charge in [-0.05, 0) is 32.4 Å². The topological polar surface area (TPSA) is 67.3 Å². The standard InChI is InChI=1S/C12H15NO3S2/c1-12(2,14)7-8-18(15,16)11-13-9-5-3-4-6-10(9)17-11/h3-6,14H,7-8H2,1-2H3. The molecule has 1 heterocycles. The largest absolute Gasteiger partial charge is 0.390 e.